The van der Waals surface area contributed by atoms with Gasteiger partial charge in [-0.15, -0.1) is 11.3 Å². The van der Waals surface area contributed by atoms with Crippen LogP contribution in [0.4, 0.5) is 10.1 Å². The first kappa shape index (κ1) is 24.1. The predicted molar refractivity (Wildman–Crippen MR) is 122 cm³/mol. The van der Waals surface area contributed by atoms with Gasteiger partial charge in [0.15, 0.2) is 6.61 Å². The number of nitrogens with zero attached hydrogens (tertiary/aromatic N) is 1. The number of nitrogens with one attached hydrogen (secondary N) is 1. The van der Waals surface area contributed by atoms with Crippen molar-refractivity contribution in [2.75, 3.05) is 25.0 Å². The molecule has 0 radical (unpaired) electrons. The van der Waals surface area contributed by atoms with E-state index in [2.05, 4.69) is 5.32 Å². The number of fused-ring (bicyclic) bond motifs is 1. The highest BCUT2D eigenvalue weighted by Gasteiger charge is 2.22. The molecule has 11 heteroatoms. The zero-order valence-electron chi connectivity index (χ0n) is 17.2. The van der Waals surface area contributed by atoms with Crippen molar-refractivity contribution < 1.29 is 27.1 Å². The fourth-order valence-corrected chi connectivity index (χ4v) is 5.87. The van der Waals surface area contributed by atoms with Crippen LogP contribution in [0.1, 0.15) is 23.5 Å². The molecule has 0 saturated heterocycles. The van der Waals surface area contributed by atoms with Gasteiger partial charge in [0, 0.05) is 28.9 Å². The second-order valence-electron chi connectivity index (χ2n) is 6.62. The van der Waals surface area contributed by atoms with Gasteiger partial charge >= 0.3 is 5.97 Å². The van der Waals surface area contributed by atoms with Gasteiger partial charge < -0.3 is 10.1 Å². The highest BCUT2D eigenvalue weighted by atomic mass is 35.5. The lowest BCUT2D eigenvalue weighted by atomic mass is 10.2. The van der Waals surface area contributed by atoms with Gasteiger partial charge in [-0.3, -0.25) is 4.79 Å². The van der Waals surface area contributed by atoms with Gasteiger partial charge in [0.2, 0.25) is 10.0 Å². The average Bonchev–Trinajstić information content (AvgIpc) is 3.08. The number of sulfonamides is 1. The third kappa shape index (κ3) is 5.09. The summed E-state index contributed by atoms with van der Waals surface area (Å²) in [6, 6.07) is 9.66. The number of carbonyl (C=O) groups excluding carboxylic acids is 2. The lowest BCUT2D eigenvalue weighted by molar-refractivity contribution is -0.119. The van der Waals surface area contributed by atoms with Gasteiger partial charge in [0.1, 0.15) is 10.7 Å². The zero-order chi connectivity index (χ0) is 23.5. The van der Waals surface area contributed by atoms with E-state index >= 15 is 0 Å². The number of rotatable bonds is 8. The molecule has 32 heavy (non-hydrogen) atoms. The second-order valence-corrected chi connectivity index (χ2v) is 9.99. The van der Waals surface area contributed by atoms with Crippen molar-refractivity contribution in [3.63, 3.8) is 0 Å². The Morgan fingerprint density at radius 3 is 2.41 bits per heavy atom. The van der Waals surface area contributed by atoms with Crippen LogP contribution in [0.3, 0.4) is 0 Å². The summed E-state index contributed by atoms with van der Waals surface area (Å²) in [6.07, 6.45) is 0. The van der Waals surface area contributed by atoms with Crippen molar-refractivity contribution in [2.24, 2.45) is 0 Å². The number of hydrogen-bond donors (Lipinski definition) is 1. The third-order valence-corrected chi connectivity index (χ3v) is 8.29. The summed E-state index contributed by atoms with van der Waals surface area (Å²) in [5, 5.41) is 3.19. The van der Waals surface area contributed by atoms with E-state index in [1.807, 2.05) is 0 Å². The van der Waals surface area contributed by atoms with Gasteiger partial charge in [-0.2, -0.15) is 4.31 Å². The number of benzene rings is 2. The molecule has 0 spiro atoms. The monoisotopic (exact) mass is 498 g/mol. The molecule has 0 atom stereocenters. The number of carbonyl (C=O) groups is 2. The van der Waals surface area contributed by atoms with E-state index in [4.69, 9.17) is 16.3 Å². The number of halogens is 2. The topological polar surface area (TPSA) is 92.8 Å². The lowest BCUT2D eigenvalue weighted by Crippen LogP contribution is -2.30. The van der Waals surface area contributed by atoms with Crippen molar-refractivity contribution in [1.29, 1.82) is 0 Å². The molecule has 1 aromatic heterocycles. The van der Waals surface area contributed by atoms with Crippen molar-refractivity contribution in [1.82, 2.24) is 4.31 Å². The van der Waals surface area contributed by atoms with Gasteiger partial charge in [0.05, 0.1) is 9.92 Å². The molecule has 1 N–H and O–H groups in total. The maximum absolute atomic E-state index is 13.4. The van der Waals surface area contributed by atoms with Gasteiger partial charge in [-0.05, 0) is 42.5 Å². The number of amides is 1. The van der Waals surface area contributed by atoms with Crippen LogP contribution in [-0.4, -0.2) is 44.3 Å². The summed E-state index contributed by atoms with van der Waals surface area (Å²) in [5.41, 5.74) is 0.347. The number of esters is 1. The van der Waals surface area contributed by atoms with E-state index in [-0.39, 0.29) is 14.8 Å². The van der Waals surface area contributed by atoms with E-state index in [9.17, 15) is 22.4 Å². The van der Waals surface area contributed by atoms with Crippen LogP contribution < -0.4 is 5.32 Å². The Balaban J connectivity index is 1.62. The summed E-state index contributed by atoms with van der Waals surface area (Å²) in [5.74, 6) is -1.86. The van der Waals surface area contributed by atoms with Gasteiger partial charge in [-0.25, -0.2) is 17.6 Å². The molecule has 3 rings (SSSR count). The minimum atomic E-state index is -3.60. The van der Waals surface area contributed by atoms with Crippen molar-refractivity contribution >= 4 is 60.6 Å². The Bertz CT molecular complexity index is 1260. The Labute approximate surface area is 193 Å². The molecule has 2 aromatic carbocycles. The smallest absolute Gasteiger partial charge is 0.350 e. The molecule has 1 heterocycles. The minimum absolute atomic E-state index is 0.0750. The zero-order valence-corrected chi connectivity index (χ0v) is 19.6. The first-order valence-corrected chi connectivity index (χ1v) is 12.3. The Hall–Kier alpha value is -2.53. The molecule has 3 aromatic rings. The van der Waals surface area contributed by atoms with Crippen LogP contribution in [0.25, 0.3) is 10.1 Å². The predicted octanol–water partition coefficient (Wildman–Crippen LogP) is 4.52. The molecule has 0 fully saturated rings. The van der Waals surface area contributed by atoms with Gasteiger partial charge in [-0.1, -0.05) is 25.4 Å². The minimum Gasteiger partial charge on any atom is -0.451 e. The Morgan fingerprint density at radius 1 is 1.12 bits per heavy atom. The summed E-state index contributed by atoms with van der Waals surface area (Å²) in [7, 11) is -3.60. The quantitative estimate of drug-likeness (QED) is 0.461. The summed E-state index contributed by atoms with van der Waals surface area (Å²) in [6.45, 7) is 3.63. The average molecular weight is 499 g/mol. The van der Waals surface area contributed by atoms with E-state index in [0.29, 0.717) is 28.9 Å². The molecule has 170 valence electrons. The van der Waals surface area contributed by atoms with Crippen LogP contribution >= 0.6 is 22.9 Å². The highest BCUT2D eigenvalue weighted by Crippen LogP contribution is 2.36. The molecule has 0 bridgehead atoms. The summed E-state index contributed by atoms with van der Waals surface area (Å²) in [4.78, 5) is 24.6. The van der Waals surface area contributed by atoms with Crippen LogP contribution in [-0.2, 0) is 19.6 Å². The van der Waals surface area contributed by atoms with E-state index in [1.165, 1.54) is 46.8 Å². The molecular weight excluding hydrogens is 479 g/mol. The number of hydrogen-bond acceptors (Lipinski definition) is 6. The fourth-order valence-electron chi connectivity index (χ4n) is 2.99. The van der Waals surface area contributed by atoms with Gasteiger partial charge in [0.25, 0.3) is 5.91 Å². The molecule has 0 aliphatic rings. The highest BCUT2D eigenvalue weighted by molar-refractivity contribution is 7.89. The Morgan fingerprint density at radius 2 is 1.78 bits per heavy atom. The lowest BCUT2D eigenvalue weighted by Gasteiger charge is -2.18. The van der Waals surface area contributed by atoms with E-state index in [0.717, 1.165) is 11.3 Å². The van der Waals surface area contributed by atoms with E-state index < -0.39 is 34.3 Å². The largest absolute Gasteiger partial charge is 0.451 e. The second kappa shape index (κ2) is 9.95. The number of anilines is 1. The summed E-state index contributed by atoms with van der Waals surface area (Å²) >= 11 is 7.15. The standard InChI is InChI=1S/C21H20ClFN2O5S2/c1-3-25(4-2)32(28,29)15-8-6-14(7-9-15)24-18(26)12-30-21(27)20-19(22)16-10-5-13(23)11-17(16)31-20/h5-11H,3-4,12H2,1-2H3,(H,24,26). The van der Waals surface area contributed by atoms with Crippen molar-refractivity contribution in [2.45, 2.75) is 18.7 Å². The fraction of sp³-hybridized carbons (Fsp3) is 0.238. The maximum atomic E-state index is 13.4. The number of thiophene rings is 1. The van der Waals surface area contributed by atoms with E-state index in [1.54, 1.807) is 13.8 Å². The summed E-state index contributed by atoms with van der Waals surface area (Å²) < 4.78 is 45.2. The van der Waals surface area contributed by atoms with Crippen LogP contribution in [0.15, 0.2) is 47.4 Å². The first-order valence-electron chi connectivity index (χ1n) is 9.62. The van der Waals surface area contributed by atoms with Crippen molar-refractivity contribution in [3.8, 4) is 0 Å². The number of ether oxygens (including phenoxy) is 1. The molecule has 1 amide bonds. The van der Waals surface area contributed by atoms with Crippen LogP contribution in [0.5, 0.6) is 0 Å². The molecular formula is C21H20ClFN2O5S2. The third-order valence-electron chi connectivity index (χ3n) is 4.59. The molecule has 0 unspecified atom stereocenters. The molecule has 0 saturated carbocycles. The Kier molecular flexibility index (Phi) is 7.50. The molecule has 0 aliphatic heterocycles. The van der Waals surface area contributed by atoms with Crippen LogP contribution in [0.2, 0.25) is 5.02 Å². The normalized spacial score (nSPS) is 11.7. The van der Waals surface area contributed by atoms with Crippen LogP contribution in [0, 0.1) is 5.82 Å². The maximum Gasteiger partial charge on any atom is 0.350 e. The first-order chi connectivity index (χ1) is 15.2. The molecule has 7 nitrogen and oxygen atoms in total. The SMILES string of the molecule is CCN(CC)S(=O)(=O)c1ccc(NC(=O)COC(=O)c2sc3cc(F)ccc3c2Cl)cc1. The van der Waals surface area contributed by atoms with Crippen molar-refractivity contribution in [3.05, 3.63) is 58.2 Å². The molecule has 0 aliphatic carbocycles.